The molecule has 3 heterocycles. The number of carboxylic acids is 1. The summed E-state index contributed by atoms with van der Waals surface area (Å²) in [6.45, 7) is 5.83. The van der Waals surface area contributed by atoms with Gasteiger partial charge in [-0.25, -0.2) is 14.4 Å². The maximum Gasteiger partial charge on any atom is 0.410 e. The van der Waals surface area contributed by atoms with Gasteiger partial charge in [0.05, 0.1) is 6.54 Å². The van der Waals surface area contributed by atoms with Crippen LogP contribution in [-0.2, 0) is 36.8 Å². The molecule has 5 rings (SSSR count). The van der Waals surface area contributed by atoms with E-state index in [1.54, 1.807) is 25.7 Å². The number of amides is 4. The van der Waals surface area contributed by atoms with Gasteiger partial charge in [-0.2, -0.15) is 0 Å². The van der Waals surface area contributed by atoms with Crippen LogP contribution in [0, 0.1) is 5.92 Å². The molecule has 4 aliphatic rings. The zero-order valence-electron chi connectivity index (χ0n) is 26.8. The Morgan fingerprint density at radius 1 is 1.13 bits per heavy atom. The van der Waals surface area contributed by atoms with Crippen molar-refractivity contribution < 1.29 is 38.6 Å². The molecule has 13 heteroatoms. The number of benzene rings is 1. The van der Waals surface area contributed by atoms with Crippen LogP contribution in [0.4, 0.5) is 15.3 Å². The fourth-order valence-electron chi connectivity index (χ4n) is 6.55. The van der Waals surface area contributed by atoms with Crippen LogP contribution in [0.25, 0.3) is 0 Å². The van der Waals surface area contributed by atoms with E-state index in [-0.39, 0.29) is 25.3 Å². The number of ether oxygens (including phenoxy) is 2. The number of anilines is 1. The number of fused-ring (bicyclic) bond motifs is 3. The van der Waals surface area contributed by atoms with Gasteiger partial charge in [0.1, 0.15) is 29.3 Å². The summed E-state index contributed by atoms with van der Waals surface area (Å²) in [4.78, 5) is 69.2. The highest BCUT2D eigenvalue weighted by molar-refractivity contribution is 5.96. The van der Waals surface area contributed by atoms with Gasteiger partial charge in [0, 0.05) is 31.1 Å². The molecule has 1 saturated carbocycles. The molecule has 5 N–H and O–H groups in total. The van der Waals surface area contributed by atoms with E-state index in [9.17, 15) is 29.1 Å². The van der Waals surface area contributed by atoms with Crippen molar-refractivity contribution in [2.45, 2.75) is 108 Å². The van der Waals surface area contributed by atoms with Crippen LogP contribution in [0.2, 0.25) is 0 Å². The van der Waals surface area contributed by atoms with Gasteiger partial charge >= 0.3 is 18.2 Å². The highest BCUT2D eigenvalue weighted by Crippen LogP contribution is 2.45. The van der Waals surface area contributed by atoms with Crippen LogP contribution in [0.15, 0.2) is 30.4 Å². The van der Waals surface area contributed by atoms with Crippen LogP contribution >= 0.6 is 0 Å². The topological polar surface area (TPSA) is 181 Å². The number of carbonyl (C=O) groups is 5. The van der Waals surface area contributed by atoms with E-state index in [1.165, 1.54) is 4.90 Å². The zero-order chi connectivity index (χ0) is 33.2. The highest BCUT2D eigenvalue weighted by atomic mass is 16.6. The number of allylic oxidation sites excluding steroid dienone is 1. The lowest BCUT2D eigenvalue weighted by molar-refractivity contribution is -0.145. The molecule has 1 saturated heterocycles. The second kappa shape index (κ2) is 13.2. The van der Waals surface area contributed by atoms with Gasteiger partial charge in [0.2, 0.25) is 11.8 Å². The van der Waals surface area contributed by atoms with Crippen LogP contribution in [0.3, 0.4) is 0 Å². The molecule has 250 valence electrons. The Labute approximate surface area is 268 Å². The molecule has 13 nitrogen and oxygen atoms in total. The Morgan fingerprint density at radius 3 is 2.65 bits per heavy atom. The van der Waals surface area contributed by atoms with Crippen molar-refractivity contribution in [2.24, 2.45) is 5.92 Å². The van der Waals surface area contributed by atoms with Gasteiger partial charge in [-0.3, -0.25) is 9.59 Å². The molecule has 1 aliphatic carbocycles. The number of hydrogen-bond donors (Lipinski definition) is 4. The van der Waals surface area contributed by atoms with Crippen molar-refractivity contribution in [2.75, 3.05) is 18.8 Å². The Morgan fingerprint density at radius 2 is 1.91 bits per heavy atom. The number of nitrogens with zero attached hydrogens (tertiary/aromatic N) is 2. The van der Waals surface area contributed by atoms with Crippen LogP contribution in [0.1, 0.15) is 76.8 Å². The van der Waals surface area contributed by atoms with Crippen molar-refractivity contribution >= 4 is 35.7 Å². The van der Waals surface area contributed by atoms with Crippen molar-refractivity contribution in [1.82, 2.24) is 20.4 Å². The summed E-state index contributed by atoms with van der Waals surface area (Å²) in [7, 11) is 0. The fourth-order valence-corrected chi connectivity index (χ4v) is 6.55. The number of carbonyl (C=O) groups excluding carboxylic acids is 4. The van der Waals surface area contributed by atoms with Gasteiger partial charge in [-0.1, -0.05) is 31.1 Å². The number of carboxylic acid groups (broad SMARTS) is 1. The first-order valence-corrected chi connectivity index (χ1v) is 16.1. The predicted molar refractivity (Wildman–Crippen MR) is 167 cm³/mol. The maximum atomic E-state index is 14.1. The lowest BCUT2D eigenvalue weighted by atomic mass is 9.99. The van der Waals surface area contributed by atoms with E-state index in [4.69, 9.17) is 15.2 Å². The summed E-state index contributed by atoms with van der Waals surface area (Å²) >= 11 is 0. The average Bonchev–Trinajstić information content (AvgIpc) is 3.51. The maximum absolute atomic E-state index is 14.1. The number of aliphatic carboxylic acids is 1. The first-order valence-electron chi connectivity index (χ1n) is 16.1. The summed E-state index contributed by atoms with van der Waals surface area (Å²) in [5, 5.41) is 15.5. The number of nitrogen functional groups attached to an aromatic ring is 1. The Balaban J connectivity index is 1.36. The first kappa shape index (κ1) is 33.1. The third-order valence-corrected chi connectivity index (χ3v) is 9.08. The molecule has 5 atom stereocenters. The molecular weight excluding hydrogens is 594 g/mol. The van der Waals surface area contributed by atoms with Gasteiger partial charge in [0.25, 0.3) is 0 Å². The van der Waals surface area contributed by atoms with E-state index in [0.29, 0.717) is 38.0 Å². The van der Waals surface area contributed by atoms with E-state index in [0.717, 1.165) is 30.4 Å². The summed E-state index contributed by atoms with van der Waals surface area (Å²) < 4.78 is 11.3. The Hall–Kier alpha value is -4.29. The van der Waals surface area contributed by atoms with E-state index < -0.39 is 59.3 Å². The molecule has 0 aromatic heterocycles. The molecule has 0 bridgehead atoms. The van der Waals surface area contributed by atoms with E-state index in [1.807, 2.05) is 30.4 Å². The molecule has 46 heavy (non-hydrogen) atoms. The number of hydrogen-bond acceptors (Lipinski definition) is 8. The smallest absolute Gasteiger partial charge is 0.410 e. The summed E-state index contributed by atoms with van der Waals surface area (Å²) in [5.41, 5.74) is 6.33. The van der Waals surface area contributed by atoms with Crippen molar-refractivity contribution in [3.05, 3.63) is 41.5 Å². The number of rotatable bonds is 3. The summed E-state index contributed by atoms with van der Waals surface area (Å²) in [6, 6.07) is 3.51. The van der Waals surface area contributed by atoms with Crippen LogP contribution < -0.4 is 16.4 Å². The molecule has 4 amide bonds. The molecular formula is C33H45N5O8. The molecule has 1 aromatic rings. The van der Waals surface area contributed by atoms with Gasteiger partial charge in [-0.05, 0) is 76.1 Å². The largest absolute Gasteiger partial charge is 0.479 e. The lowest BCUT2D eigenvalue weighted by Gasteiger charge is -2.30. The number of nitrogens with two attached hydrogens (primary N) is 1. The molecule has 2 fully saturated rings. The Bertz CT molecular complexity index is 1410. The third kappa shape index (κ3) is 7.56. The summed E-state index contributed by atoms with van der Waals surface area (Å²) in [5.74, 6) is -2.67. The van der Waals surface area contributed by atoms with Gasteiger partial charge in [-0.15, -0.1) is 0 Å². The second-order valence-corrected chi connectivity index (χ2v) is 13.8. The summed E-state index contributed by atoms with van der Waals surface area (Å²) in [6.07, 6.45) is 5.76. The molecule has 0 radical (unpaired) electrons. The SMILES string of the molecule is CC(C)(C)OC(=O)N[C@H]1CCCCC/C=C\[C@H]2C[C@@]2(C(=O)O)NC(=O)[C@@H]2C[C@@H](OC(=O)N3CCc4ccc(N)cc4C3)CN2C1=O. The zero-order valence-corrected chi connectivity index (χ0v) is 26.8. The third-order valence-electron chi connectivity index (χ3n) is 9.08. The minimum atomic E-state index is -1.46. The van der Waals surface area contributed by atoms with E-state index >= 15 is 0 Å². The van der Waals surface area contributed by atoms with Crippen molar-refractivity contribution in [3.63, 3.8) is 0 Å². The molecule has 0 unspecified atom stereocenters. The van der Waals surface area contributed by atoms with Gasteiger partial charge in [0.15, 0.2) is 0 Å². The first-order chi connectivity index (χ1) is 21.8. The average molecular weight is 640 g/mol. The Kier molecular flexibility index (Phi) is 9.50. The minimum absolute atomic E-state index is 0.0178. The normalized spacial score (nSPS) is 29.1. The standard InChI is InChI=1S/C33H45N5O8/c1-32(2,3)46-30(43)35-25-10-8-6-4-5-7-9-22-17-33(22,29(41)42)36-27(39)26-16-24(19-38(26)28(25)40)45-31(44)37-14-13-20-11-12-23(34)15-21(20)18-37/h7,9,11-12,15,22,24-26H,4-6,8,10,13-14,16-19,34H2,1-3H3,(H,35,43)(H,36,39)(H,41,42)/b9-7-/t22-,24+,25-,26-,33+/m0/s1. The quantitative estimate of drug-likeness (QED) is 0.285. The monoisotopic (exact) mass is 639 g/mol. The van der Waals surface area contributed by atoms with Gasteiger partial charge < -0.3 is 40.7 Å². The van der Waals surface area contributed by atoms with Crippen molar-refractivity contribution in [3.8, 4) is 0 Å². The number of alkyl carbamates (subject to hydrolysis) is 1. The minimum Gasteiger partial charge on any atom is -0.479 e. The molecule has 0 spiro atoms. The number of nitrogens with one attached hydrogen (secondary N) is 2. The van der Waals surface area contributed by atoms with E-state index in [2.05, 4.69) is 10.6 Å². The second-order valence-electron chi connectivity index (χ2n) is 13.8. The highest BCUT2D eigenvalue weighted by Gasteiger charge is 2.61. The molecule has 3 aliphatic heterocycles. The lowest BCUT2D eigenvalue weighted by Crippen LogP contribution is -2.56. The fraction of sp³-hybridized carbons (Fsp3) is 0.606. The van der Waals surface area contributed by atoms with Crippen LogP contribution in [0.5, 0.6) is 0 Å². The molecule has 1 aromatic carbocycles. The van der Waals surface area contributed by atoms with Crippen molar-refractivity contribution in [1.29, 1.82) is 0 Å². The van der Waals surface area contributed by atoms with Crippen LogP contribution in [-0.4, -0.2) is 87.3 Å². The predicted octanol–water partition coefficient (Wildman–Crippen LogP) is 3.11.